The highest BCUT2D eigenvalue weighted by atomic mass is 35.5. The van der Waals surface area contributed by atoms with Gasteiger partial charge in [0.25, 0.3) is 5.91 Å². The average molecular weight is 283 g/mol. The fraction of sp³-hybridized carbons (Fsp3) is 0.462. The Kier molecular flexibility index (Phi) is 3.75. The van der Waals surface area contributed by atoms with Gasteiger partial charge in [-0.1, -0.05) is 18.5 Å². The molecule has 1 saturated heterocycles. The van der Waals surface area contributed by atoms with Gasteiger partial charge in [0.2, 0.25) is 0 Å². The van der Waals surface area contributed by atoms with Crippen LogP contribution < -0.4 is 5.32 Å². The Morgan fingerprint density at radius 1 is 1.63 bits per heavy atom. The van der Waals surface area contributed by atoms with Gasteiger partial charge in [-0.15, -0.1) is 0 Å². The van der Waals surface area contributed by atoms with Crippen molar-refractivity contribution in [2.24, 2.45) is 5.92 Å². The predicted octanol–water partition coefficient (Wildman–Crippen LogP) is 2.41. The Morgan fingerprint density at radius 2 is 2.37 bits per heavy atom. The van der Waals surface area contributed by atoms with Crippen LogP contribution in [0.5, 0.6) is 0 Å². The first kappa shape index (κ1) is 13.8. The maximum Gasteiger partial charge on any atom is 0.310 e. The van der Waals surface area contributed by atoms with Crippen LogP contribution in [0.1, 0.15) is 26.7 Å². The van der Waals surface area contributed by atoms with E-state index in [0.717, 1.165) is 0 Å². The zero-order valence-corrected chi connectivity index (χ0v) is 11.5. The molecule has 1 N–H and O–H groups in total. The van der Waals surface area contributed by atoms with E-state index in [-0.39, 0.29) is 17.8 Å². The third-order valence-electron chi connectivity index (χ3n) is 3.24. The summed E-state index contributed by atoms with van der Waals surface area (Å²) in [5.41, 5.74) is -1.13. The maximum atomic E-state index is 12.2. The molecule has 6 heteroatoms. The first-order valence-electron chi connectivity index (χ1n) is 6.10. The summed E-state index contributed by atoms with van der Waals surface area (Å²) < 4.78 is 5.21. The van der Waals surface area contributed by atoms with Crippen molar-refractivity contribution < 1.29 is 14.3 Å². The van der Waals surface area contributed by atoms with Crippen LogP contribution in [0, 0.1) is 5.92 Å². The van der Waals surface area contributed by atoms with E-state index in [1.807, 2.05) is 6.92 Å². The molecule has 5 nitrogen and oxygen atoms in total. The minimum atomic E-state index is -1.13. The highest BCUT2D eigenvalue weighted by molar-refractivity contribution is 6.30. The van der Waals surface area contributed by atoms with Crippen molar-refractivity contribution in [3.8, 4) is 0 Å². The second-order valence-corrected chi connectivity index (χ2v) is 5.21. The summed E-state index contributed by atoms with van der Waals surface area (Å²) in [7, 11) is 0. The minimum absolute atomic E-state index is 0.214. The largest absolute Gasteiger partial charge is 0.449 e. The average Bonchev–Trinajstić information content (AvgIpc) is 2.68. The number of hydrogen-bond donors (Lipinski definition) is 1. The van der Waals surface area contributed by atoms with Gasteiger partial charge in [0.1, 0.15) is 5.82 Å². The lowest BCUT2D eigenvalue weighted by Gasteiger charge is -2.21. The molecule has 0 unspecified atom stereocenters. The number of nitrogens with one attached hydrogen (secondary N) is 1. The number of carbonyl (C=O) groups is 2. The van der Waals surface area contributed by atoms with Gasteiger partial charge in [-0.2, -0.15) is 0 Å². The van der Waals surface area contributed by atoms with Crippen LogP contribution in [0.2, 0.25) is 5.02 Å². The molecule has 1 amide bonds. The second-order valence-electron chi connectivity index (χ2n) is 4.78. The van der Waals surface area contributed by atoms with Gasteiger partial charge >= 0.3 is 5.97 Å². The normalized spacial score (nSPS) is 26.1. The Bertz CT molecular complexity index is 503. The quantitative estimate of drug-likeness (QED) is 0.865. The van der Waals surface area contributed by atoms with Gasteiger partial charge in [0.05, 0.1) is 10.9 Å². The summed E-state index contributed by atoms with van der Waals surface area (Å²) in [5, 5.41) is 3.12. The molecule has 1 aliphatic rings. The molecule has 0 saturated carbocycles. The number of amides is 1. The number of anilines is 1. The summed E-state index contributed by atoms with van der Waals surface area (Å²) in [6, 6.07) is 3.22. The van der Waals surface area contributed by atoms with Crippen molar-refractivity contribution >= 4 is 29.3 Å². The molecular formula is C13H15ClN2O3. The van der Waals surface area contributed by atoms with Crippen molar-refractivity contribution in [1.29, 1.82) is 0 Å². The molecular weight excluding hydrogens is 268 g/mol. The van der Waals surface area contributed by atoms with Gasteiger partial charge in [-0.05, 0) is 25.5 Å². The molecule has 0 radical (unpaired) electrons. The Hall–Kier alpha value is -1.62. The van der Waals surface area contributed by atoms with Crippen molar-refractivity contribution in [2.45, 2.75) is 32.3 Å². The summed E-state index contributed by atoms with van der Waals surface area (Å²) in [4.78, 5) is 27.7. The molecule has 1 aromatic rings. The van der Waals surface area contributed by atoms with Crippen LogP contribution in [0.25, 0.3) is 0 Å². The molecule has 102 valence electrons. The molecule has 1 aliphatic heterocycles. The highest BCUT2D eigenvalue weighted by Crippen LogP contribution is 2.33. The van der Waals surface area contributed by atoms with E-state index in [0.29, 0.717) is 23.7 Å². The lowest BCUT2D eigenvalue weighted by molar-refractivity contribution is -0.155. The zero-order chi connectivity index (χ0) is 14.0. The van der Waals surface area contributed by atoms with Crippen molar-refractivity contribution in [3.05, 3.63) is 23.4 Å². The third-order valence-corrected chi connectivity index (χ3v) is 3.46. The predicted molar refractivity (Wildman–Crippen MR) is 70.8 cm³/mol. The molecule has 0 aromatic carbocycles. The van der Waals surface area contributed by atoms with Crippen LogP contribution in [0.15, 0.2) is 18.3 Å². The lowest BCUT2D eigenvalue weighted by Crippen LogP contribution is -2.40. The Morgan fingerprint density at radius 3 is 2.89 bits per heavy atom. The van der Waals surface area contributed by atoms with E-state index in [9.17, 15) is 9.59 Å². The van der Waals surface area contributed by atoms with Crippen LogP contribution in [0.4, 0.5) is 5.82 Å². The number of rotatable bonds is 3. The molecule has 2 heterocycles. The summed E-state index contributed by atoms with van der Waals surface area (Å²) in [5.74, 6) is -0.517. The standard InChI is InChI=1S/C13H15ClN2O3/c1-3-8-6-13(2,19-11(8)17)12(18)16-10-5-4-9(14)7-15-10/h4-5,7-8H,3,6H2,1-2H3,(H,15,16,18)/t8-,13-/m0/s1. The van der Waals surface area contributed by atoms with Gasteiger partial charge in [0, 0.05) is 12.6 Å². The second kappa shape index (κ2) is 5.17. The number of carbonyl (C=O) groups excluding carboxylic acids is 2. The maximum absolute atomic E-state index is 12.2. The number of hydrogen-bond acceptors (Lipinski definition) is 4. The molecule has 19 heavy (non-hydrogen) atoms. The van der Waals surface area contributed by atoms with Gasteiger partial charge in [-0.25, -0.2) is 4.98 Å². The molecule has 0 aliphatic carbocycles. The van der Waals surface area contributed by atoms with Gasteiger partial charge in [0.15, 0.2) is 5.60 Å². The highest BCUT2D eigenvalue weighted by Gasteiger charge is 2.48. The van der Waals surface area contributed by atoms with Crippen LogP contribution in [-0.4, -0.2) is 22.5 Å². The fourth-order valence-corrected chi connectivity index (χ4v) is 2.16. The Labute approximate surface area is 116 Å². The van der Waals surface area contributed by atoms with Gasteiger partial charge in [-0.3, -0.25) is 9.59 Å². The number of halogens is 1. The lowest BCUT2D eigenvalue weighted by atomic mass is 9.93. The van der Waals surface area contributed by atoms with Crippen molar-refractivity contribution in [3.63, 3.8) is 0 Å². The molecule has 2 atom stereocenters. The van der Waals surface area contributed by atoms with E-state index < -0.39 is 5.60 Å². The molecule has 2 rings (SSSR count). The van der Waals surface area contributed by atoms with Crippen molar-refractivity contribution in [2.75, 3.05) is 5.32 Å². The van der Waals surface area contributed by atoms with Crippen LogP contribution in [-0.2, 0) is 14.3 Å². The third kappa shape index (κ3) is 2.87. The molecule has 0 spiro atoms. The topological polar surface area (TPSA) is 68.3 Å². The smallest absolute Gasteiger partial charge is 0.310 e. The van der Waals surface area contributed by atoms with Gasteiger partial charge < -0.3 is 10.1 Å². The van der Waals surface area contributed by atoms with E-state index in [1.165, 1.54) is 6.20 Å². The van der Waals surface area contributed by atoms with E-state index in [1.54, 1.807) is 19.1 Å². The van der Waals surface area contributed by atoms with E-state index in [2.05, 4.69) is 10.3 Å². The molecule has 0 bridgehead atoms. The molecule has 1 fully saturated rings. The Balaban J connectivity index is 2.08. The number of cyclic esters (lactones) is 1. The van der Waals surface area contributed by atoms with Crippen molar-refractivity contribution in [1.82, 2.24) is 4.98 Å². The summed E-state index contributed by atoms with van der Waals surface area (Å²) in [6.07, 6.45) is 2.50. The molecule has 1 aromatic heterocycles. The number of esters is 1. The SMILES string of the molecule is CC[C@H]1C[C@@](C)(C(=O)Nc2ccc(Cl)cn2)OC1=O. The number of ether oxygens (including phenoxy) is 1. The summed E-state index contributed by atoms with van der Waals surface area (Å²) in [6.45, 7) is 3.52. The van der Waals surface area contributed by atoms with Crippen LogP contribution >= 0.6 is 11.6 Å². The number of pyridine rings is 1. The van der Waals surface area contributed by atoms with E-state index in [4.69, 9.17) is 16.3 Å². The summed E-state index contributed by atoms with van der Waals surface area (Å²) >= 11 is 5.72. The first-order valence-corrected chi connectivity index (χ1v) is 6.48. The fourth-order valence-electron chi connectivity index (χ4n) is 2.05. The first-order chi connectivity index (χ1) is 8.94. The van der Waals surface area contributed by atoms with E-state index >= 15 is 0 Å². The minimum Gasteiger partial charge on any atom is -0.449 e. The zero-order valence-electron chi connectivity index (χ0n) is 10.8. The number of nitrogens with zero attached hydrogens (tertiary/aromatic N) is 1. The number of aromatic nitrogens is 1. The monoisotopic (exact) mass is 282 g/mol. The van der Waals surface area contributed by atoms with Crippen LogP contribution in [0.3, 0.4) is 0 Å².